The fraction of sp³-hybridized carbons (Fsp3) is 0.400. The van der Waals surface area contributed by atoms with Crippen molar-refractivity contribution < 1.29 is 4.74 Å². The Morgan fingerprint density at radius 3 is 2.90 bits per heavy atom. The fourth-order valence-electron chi connectivity index (χ4n) is 2.04. The van der Waals surface area contributed by atoms with Gasteiger partial charge in [0.05, 0.1) is 10.4 Å². The maximum atomic E-state index is 6.09. The number of hydrogen-bond donors (Lipinski definition) is 1. The standard InChI is InChI=1S/C15H19BrN2OS/c1-3-13(17)6-11-5-12(16)4-10(2)15(11)19-8-14-7-18-9-20-14/h4-5,7,9,13H,3,6,8,17H2,1-2H3. The molecular weight excluding hydrogens is 336 g/mol. The van der Waals surface area contributed by atoms with Crippen molar-refractivity contribution in [2.75, 3.05) is 0 Å². The number of aromatic nitrogens is 1. The van der Waals surface area contributed by atoms with Crippen LogP contribution in [0.4, 0.5) is 0 Å². The third kappa shape index (κ3) is 4.04. The Morgan fingerprint density at radius 2 is 2.25 bits per heavy atom. The lowest BCUT2D eigenvalue weighted by Gasteiger charge is -2.17. The molecule has 0 radical (unpaired) electrons. The highest BCUT2D eigenvalue weighted by atomic mass is 79.9. The molecule has 0 aliphatic rings. The zero-order valence-electron chi connectivity index (χ0n) is 11.7. The van der Waals surface area contributed by atoms with Gasteiger partial charge in [-0.1, -0.05) is 22.9 Å². The van der Waals surface area contributed by atoms with Gasteiger partial charge in [-0.25, -0.2) is 0 Å². The van der Waals surface area contributed by atoms with E-state index < -0.39 is 0 Å². The van der Waals surface area contributed by atoms with Gasteiger partial charge < -0.3 is 10.5 Å². The number of ether oxygens (including phenoxy) is 1. The molecule has 2 rings (SSSR count). The molecule has 108 valence electrons. The predicted molar refractivity (Wildman–Crippen MR) is 87.3 cm³/mol. The van der Waals surface area contributed by atoms with Gasteiger partial charge in [0.25, 0.3) is 0 Å². The Kier molecular flexibility index (Phi) is 5.57. The second kappa shape index (κ2) is 7.20. The molecule has 0 aliphatic carbocycles. The van der Waals surface area contributed by atoms with Crippen LogP contribution in [-0.2, 0) is 13.0 Å². The van der Waals surface area contributed by atoms with Gasteiger partial charge >= 0.3 is 0 Å². The van der Waals surface area contributed by atoms with Crippen LogP contribution in [0.1, 0.15) is 29.3 Å². The molecule has 2 N–H and O–H groups in total. The van der Waals surface area contributed by atoms with Crippen molar-refractivity contribution in [3.63, 3.8) is 0 Å². The van der Waals surface area contributed by atoms with Crippen LogP contribution < -0.4 is 10.5 Å². The summed E-state index contributed by atoms with van der Waals surface area (Å²) in [5.74, 6) is 0.950. The number of halogens is 1. The van der Waals surface area contributed by atoms with E-state index in [1.54, 1.807) is 11.3 Å². The number of nitrogens with zero attached hydrogens (tertiary/aromatic N) is 1. The molecule has 0 spiro atoms. The highest BCUT2D eigenvalue weighted by Gasteiger charge is 2.12. The zero-order chi connectivity index (χ0) is 14.5. The van der Waals surface area contributed by atoms with Crippen LogP contribution in [0.2, 0.25) is 0 Å². The van der Waals surface area contributed by atoms with Gasteiger partial charge in [0.15, 0.2) is 0 Å². The topological polar surface area (TPSA) is 48.1 Å². The van der Waals surface area contributed by atoms with Crippen LogP contribution in [0, 0.1) is 6.92 Å². The number of nitrogens with two attached hydrogens (primary N) is 1. The molecule has 1 atom stereocenters. The first-order valence-corrected chi connectivity index (χ1v) is 8.32. The van der Waals surface area contributed by atoms with Crippen molar-refractivity contribution in [2.24, 2.45) is 5.73 Å². The SMILES string of the molecule is CCC(N)Cc1cc(Br)cc(C)c1OCc1cncs1. The van der Waals surface area contributed by atoms with E-state index in [1.807, 2.05) is 11.7 Å². The smallest absolute Gasteiger partial charge is 0.126 e. The first-order valence-electron chi connectivity index (χ1n) is 6.65. The summed E-state index contributed by atoms with van der Waals surface area (Å²) in [6.07, 6.45) is 3.63. The average Bonchev–Trinajstić information content (AvgIpc) is 2.90. The molecule has 0 bridgehead atoms. The number of aryl methyl sites for hydroxylation is 1. The molecule has 1 unspecified atom stereocenters. The lowest BCUT2D eigenvalue weighted by molar-refractivity contribution is 0.303. The van der Waals surface area contributed by atoms with E-state index in [9.17, 15) is 0 Å². The minimum atomic E-state index is 0.162. The van der Waals surface area contributed by atoms with Crippen LogP contribution in [0.25, 0.3) is 0 Å². The van der Waals surface area contributed by atoms with E-state index in [4.69, 9.17) is 10.5 Å². The van der Waals surface area contributed by atoms with E-state index in [-0.39, 0.29) is 6.04 Å². The summed E-state index contributed by atoms with van der Waals surface area (Å²) in [6, 6.07) is 4.34. The minimum absolute atomic E-state index is 0.162. The molecule has 0 amide bonds. The van der Waals surface area contributed by atoms with Gasteiger partial charge in [-0.15, -0.1) is 11.3 Å². The summed E-state index contributed by atoms with van der Waals surface area (Å²) in [6.45, 7) is 4.72. The Balaban J connectivity index is 2.20. The summed E-state index contributed by atoms with van der Waals surface area (Å²) in [7, 11) is 0. The fourth-order valence-corrected chi connectivity index (χ4v) is 3.17. The summed E-state index contributed by atoms with van der Waals surface area (Å²) in [5.41, 5.74) is 10.2. The number of thiazole rings is 1. The average molecular weight is 355 g/mol. The summed E-state index contributed by atoms with van der Waals surface area (Å²) in [5, 5.41) is 0. The molecule has 0 saturated carbocycles. The van der Waals surface area contributed by atoms with Crippen molar-refractivity contribution in [2.45, 2.75) is 39.3 Å². The van der Waals surface area contributed by atoms with Crippen molar-refractivity contribution in [1.82, 2.24) is 4.98 Å². The van der Waals surface area contributed by atoms with Crippen molar-refractivity contribution >= 4 is 27.3 Å². The summed E-state index contributed by atoms with van der Waals surface area (Å²) in [4.78, 5) is 5.19. The Morgan fingerprint density at radius 1 is 1.45 bits per heavy atom. The lowest BCUT2D eigenvalue weighted by atomic mass is 10.0. The van der Waals surface area contributed by atoms with E-state index in [0.29, 0.717) is 6.61 Å². The maximum Gasteiger partial charge on any atom is 0.126 e. The number of benzene rings is 1. The molecule has 1 aromatic carbocycles. The minimum Gasteiger partial charge on any atom is -0.487 e. The van der Waals surface area contributed by atoms with Gasteiger partial charge in [-0.3, -0.25) is 4.98 Å². The van der Waals surface area contributed by atoms with E-state index in [2.05, 4.69) is 46.9 Å². The highest BCUT2D eigenvalue weighted by Crippen LogP contribution is 2.30. The molecule has 3 nitrogen and oxygen atoms in total. The maximum absolute atomic E-state index is 6.09. The van der Waals surface area contributed by atoms with Crippen molar-refractivity contribution in [1.29, 1.82) is 0 Å². The zero-order valence-corrected chi connectivity index (χ0v) is 14.1. The summed E-state index contributed by atoms with van der Waals surface area (Å²) >= 11 is 5.15. The summed E-state index contributed by atoms with van der Waals surface area (Å²) < 4.78 is 7.07. The first kappa shape index (κ1) is 15.5. The number of rotatable bonds is 6. The largest absolute Gasteiger partial charge is 0.487 e. The molecule has 0 aliphatic heterocycles. The molecule has 1 aromatic heterocycles. The molecular formula is C15H19BrN2OS. The molecule has 5 heteroatoms. The van der Waals surface area contributed by atoms with Crippen LogP contribution in [0.15, 0.2) is 28.3 Å². The third-order valence-electron chi connectivity index (χ3n) is 3.17. The second-order valence-electron chi connectivity index (χ2n) is 4.84. The predicted octanol–water partition coefficient (Wildman–Crippen LogP) is 4.07. The third-order valence-corrected chi connectivity index (χ3v) is 4.38. The Labute approximate surface area is 132 Å². The molecule has 20 heavy (non-hydrogen) atoms. The molecule has 0 saturated heterocycles. The monoisotopic (exact) mass is 354 g/mol. The van der Waals surface area contributed by atoms with Crippen LogP contribution in [0.3, 0.4) is 0 Å². The van der Waals surface area contributed by atoms with Gasteiger partial charge in [-0.05, 0) is 43.0 Å². The van der Waals surface area contributed by atoms with Crippen molar-refractivity contribution in [3.8, 4) is 5.75 Å². The van der Waals surface area contributed by atoms with E-state index in [1.165, 1.54) is 0 Å². The highest BCUT2D eigenvalue weighted by molar-refractivity contribution is 9.10. The Bertz CT molecular complexity index is 557. The van der Waals surface area contributed by atoms with E-state index >= 15 is 0 Å². The van der Waals surface area contributed by atoms with Crippen LogP contribution in [-0.4, -0.2) is 11.0 Å². The normalized spacial score (nSPS) is 12.4. The second-order valence-corrected chi connectivity index (χ2v) is 6.73. The van der Waals surface area contributed by atoms with Crippen molar-refractivity contribution in [3.05, 3.63) is 44.3 Å². The molecule has 0 fully saturated rings. The van der Waals surface area contributed by atoms with E-state index in [0.717, 1.165) is 39.1 Å². The Hall–Kier alpha value is -0.910. The molecule has 2 aromatic rings. The van der Waals surface area contributed by atoms with Crippen LogP contribution >= 0.6 is 27.3 Å². The first-order chi connectivity index (χ1) is 9.60. The van der Waals surface area contributed by atoms with Crippen LogP contribution in [0.5, 0.6) is 5.75 Å². The number of hydrogen-bond acceptors (Lipinski definition) is 4. The molecule has 1 heterocycles. The van der Waals surface area contributed by atoms with Gasteiger partial charge in [0.2, 0.25) is 0 Å². The van der Waals surface area contributed by atoms with Gasteiger partial charge in [0.1, 0.15) is 12.4 Å². The quantitative estimate of drug-likeness (QED) is 0.850. The lowest BCUT2D eigenvalue weighted by Crippen LogP contribution is -2.22. The van der Waals surface area contributed by atoms with Gasteiger partial charge in [0, 0.05) is 16.7 Å². The van der Waals surface area contributed by atoms with Gasteiger partial charge in [-0.2, -0.15) is 0 Å².